The van der Waals surface area contributed by atoms with Gasteiger partial charge in [-0.25, -0.2) is 13.8 Å². The Morgan fingerprint density at radius 3 is 2.39 bits per heavy atom. The molecule has 0 atom stereocenters. The third kappa shape index (κ3) is 6.27. The van der Waals surface area contributed by atoms with Crippen LogP contribution in [0.2, 0.25) is 0 Å². The summed E-state index contributed by atoms with van der Waals surface area (Å²) in [4.78, 5) is 25.7. The first-order chi connectivity index (χ1) is 17.3. The minimum atomic E-state index is -3.81. The lowest BCUT2D eigenvalue weighted by molar-refractivity contribution is -0.145. The fourth-order valence-electron chi connectivity index (χ4n) is 3.86. The standard InChI is InChI=1S/C26H28N4O5S/c1-20-9-13-24(14-10-20)36(33,34)30(18-21-7-3-2-4-8-21)19-23-12-11-22(35-23)17-27-28-25(31)26(32)29-15-5-6-16-29/h2-4,7-14,17H,5-6,15-16,18-19H2,1H3,(H,28,31)/b27-17+. The molecule has 10 heteroatoms. The van der Waals surface area contributed by atoms with Gasteiger partial charge in [0.2, 0.25) is 10.0 Å². The molecule has 0 saturated carbocycles. The fourth-order valence-corrected chi connectivity index (χ4v) is 5.26. The van der Waals surface area contributed by atoms with Crippen LogP contribution in [0, 0.1) is 6.92 Å². The molecule has 9 nitrogen and oxygen atoms in total. The number of carbonyl (C=O) groups excluding carboxylic acids is 2. The predicted octanol–water partition coefficient (Wildman–Crippen LogP) is 3.05. The van der Waals surface area contributed by atoms with Crippen LogP contribution in [0.15, 0.2) is 81.1 Å². The Bertz CT molecular complexity index is 1330. The molecule has 1 N–H and O–H groups in total. The van der Waals surface area contributed by atoms with Gasteiger partial charge in [-0.2, -0.15) is 9.41 Å². The zero-order valence-corrected chi connectivity index (χ0v) is 20.8. The molecule has 1 aliphatic rings. The average molecular weight is 509 g/mol. The molecule has 2 aromatic carbocycles. The minimum absolute atomic E-state index is 0.00124. The Labute approximate surface area is 210 Å². The Morgan fingerprint density at radius 1 is 1.00 bits per heavy atom. The summed E-state index contributed by atoms with van der Waals surface area (Å²) < 4.78 is 34.0. The maximum absolute atomic E-state index is 13.5. The van der Waals surface area contributed by atoms with Crippen LogP contribution in [0.3, 0.4) is 0 Å². The number of amides is 2. The lowest BCUT2D eigenvalue weighted by Gasteiger charge is -2.21. The molecular weight excluding hydrogens is 480 g/mol. The molecule has 1 fully saturated rings. The summed E-state index contributed by atoms with van der Waals surface area (Å²) in [5.41, 5.74) is 4.02. The first-order valence-electron chi connectivity index (χ1n) is 11.6. The molecule has 1 aromatic heterocycles. The second-order valence-electron chi connectivity index (χ2n) is 8.57. The van der Waals surface area contributed by atoms with Crippen LogP contribution in [-0.2, 0) is 32.7 Å². The SMILES string of the molecule is Cc1ccc(S(=O)(=O)N(Cc2ccccc2)Cc2ccc(/C=N/NC(=O)C(=O)N3CCCC3)o2)cc1. The van der Waals surface area contributed by atoms with E-state index in [0.29, 0.717) is 24.6 Å². The molecule has 0 bridgehead atoms. The number of carbonyl (C=O) groups is 2. The molecule has 0 unspecified atom stereocenters. The summed E-state index contributed by atoms with van der Waals surface area (Å²) in [5.74, 6) is -0.699. The van der Waals surface area contributed by atoms with Crippen LogP contribution < -0.4 is 5.43 Å². The summed E-state index contributed by atoms with van der Waals surface area (Å²) >= 11 is 0. The molecular formula is C26H28N4O5S. The van der Waals surface area contributed by atoms with Crippen molar-refractivity contribution in [3.63, 3.8) is 0 Å². The molecule has 1 aliphatic heterocycles. The smallest absolute Gasteiger partial charge is 0.329 e. The molecule has 36 heavy (non-hydrogen) atoms. The van der Waals surface area contributed by atoms with Gasteiger partial charge < -0.3 is 9.32 Å². The maximum atomic E-state index is 13.5. The van der Waals surface area contributed by atoms with Gasteiger partial charge in [0.15, 0.2) is 0 Å². The van der Waals surface area contributed by atoms with E-state index in [1.54, 1.807) is 36.4 Å². The molecule has 2 amide bonds. The van der Waals surface area contributed by atoms with Crippen molar-refractivity contribution in [1.29, 1.82) is 0 Å². The van der Waals surface area contributed by atoms with Crippen LogP contribution >= 0.6 is 0 Å². The number of hydrogen-bond acceptors (Lipinski definition) is 6. The largest absolute Gasteiger partial charge is 0.459 e. The zero-order valence-electron chi connectivity index (χ0n) is 20.0. The first-order valence-corrected chi connectivity index (χ1v) is 13.1. The van der Waals surface area contributed by atoms with Gasteiger partial charge >= 0.3 is 11.8 Å². The number of nitrogens with zero attached hydrogens (tertiary/aromatic N) is 3. The average Bonchev–Trinajstić information content (AvgIpc) is 3.57. The van der Waals surface area contributed by atoms with Crippen molar-refractivity contribution in [2.45, 2.75) is 37.8 Å². The van der Waals surface area contributed by atoms with Crippen molar-refractivity contribution in [2.75, 3.05) is 13.1 Å². The normalized spacial score (nSPS) is 14.0. The number of nitrogens with one attached hydrogen (secondary N) is 1. The number of rotatable bonds is 8. The van der Waals surface area contributed by atoms with Crippen molar-refractivity contribution in [1.82, 2.24) is 14.6 Å². The monoisotopic (exact) mass is 508 g/mol. The summed E-state index contributed by atoms with van der Waals surface area (Å²) in [5, 5.41) is 3.80. The van der Waals surface area contributed by atoms with E-state index in [2.05, 4.69) is 10.5 Å². The first kappa shape index (κ1) is 25.3. The number of furan rings is 1. The van der Waals surface area contributed by atoms with Crippen molar-refractivity contribution in [3.8, 4) is 0 Å². The van der Waals surface area contributed by atoms with Gasteiger partial charge in [-0.3, -0.25) is 9.59 Å². The van der Waals surface area contributed by atoms with E-state index in [0.717, 1.165) is 24.0 Å². The summed E-state index contributed by atoms with van der Waals surface area (Å²) in [6.07, 6.45) is 3.05. The second kappa shape index (κ2) is 11.3. The van der Waals surface area contributed by atoms with Crippen LogP contribution in [0.1, 0.15) is 35.5 Å². The van der Waals surface area contributed by atoms with Crippen molar-refractivity contribution in [2.24, 2.45) is 5.10 Å². The van der Waals surface area contributed by atoms with Crippen LogP contribution in [0.4, 0.5) is 0 Å². The Hall–Kier alpha value is -3.76. The molecule has 1 saturated heterocycles. The van der Waals surface area contributed by atoms with Gasteiger partial charge in [-0.1, -0.05) is 48.0 Å². The van der Waals surface area contributed by atoms with Crippen molar-refractivity contribution in [3.05, 3.63) is 89.4 Å². The second-order valence-corrected chi connectivity index (χ2v) is 10.5. The Kier molecular flexibility index (Phi) is 7.97. The van der Waals surface area contributed by atoms with E-state index in [9.17, 15) is 18.0 Å². The van der Waals surface area contributed by atoms with Crippen molar-refractivity contribution < 1.29 is 22.4 Å². The molecule has 0 spiro atoms. The predicted molar refractivity (Wildman–Crippen MR) is 134 cm³/mol. The highest BCUT2D eigenvalue weighted by molar-refractivity contribution is 7.89. The Morgan fingerprint density at radius 2 is 1.69 bits per heavy atom. The Balaban J connectivity index is 1.46. The van der Waals surface area contributed by atoms with Gasteiger partial charge in [-0.05, 0) is 49.6 Å². The number of hydrazone groups is 1. The summed E-state index contributed by atoms with van der Waals surface area (Å²) in [7, 11) is -3.81. The molecule has 0 radical (unpaired) electrons. The van der Waals surface area contributed by atoms with Gasteiger partial charge in [0.25, 0.3) is 0 Å². The van der Waals surface area contributed by atoms with E-state index in [1.807, 2.05) is 37.3 Å². The zero-order chi connectivity index (χ0) is 25.5. The maximum Gasteiger partial charge on any atom is 0.329 e. The lowest BCUT2D eigenvalue weighted by Crippen LogP contribution is -2.39. The van der Waals surface area contributed by atoms with E-state index in [1.165, 1.54) is 15.4 Å². The number of benzene rings is 2. The third-order valence-electron chi connectivity index (χ3n) is 5.82. The molecule has 4 rings (SSSR count). The third-order valence-corrected chi connectivity index (χ3v) is 7.63. The van der Waals surface area contributed by atoms with E-state index >= 15 is 0 Å². The molecule has 0 aliphatic carbocycles. The quantitative estimate of drug-likeness (QED) is 0.286. The lowest BCUT2D eigenvalue weighted by atomic mass is 10.2. The van der Waals surface area contributed by atoms with E-state index in [-0.39, 0.29) is 18.0 Å². The van der Waals surface area contributed by atoms with Crippen LogP contribution in [0.5, 0.6) is 0 Å². The highest BCUT2D eigenvalue weighted by Gasteiger charge is 2.26. The number of aryl methyl sites for hydroxylation is 1. The van der Waals surface area contributed by atoms with Gasteiger partial charge in [0.1, 0.15) is 11.5 Å². The molecule has 3 aromatic rings. The van der Waals surface area contributed by atoms with E-state index in [4.69, 9.17) is 4.42 Å². The fraction of sp³-hybridized carbons (Fsp3) is 0.269. The van der Waals surface area contributed by atoms with Crippen molar-refractivity contribution >= 4 is 28.1 Å². The number of hydrogen-bond donors (Lipinski definition) is 1. The van der Waals surface area contributed by atoms with Crippen LogP contribution in [-0.4, -0.2) is 48.7 Å². The number of sulfonamides is 1. The van der Waals surface area contributed by atoms with Crippen LogP contribution in [0.25, 0.3) is 0 Å². The minimum Gasteiger partial charge on any atom is -0.459 e. The van der Waals surface area contributed by atoms with Gasteiger partial charge in [-0.15, -0.1) is 0 Å². The highest BCUT2D eigenvalue weighted by Crippen LogP contribution is 2.22. The van der Waals surface area contributed by atoms with Gasteiger partial charge in [0, 0.05) is 19.6 Å². The number of likely N-dealkylation sites (tertiary alicyclic amines) is 1. The van der Waals surface area contributed by atoms with Gasteiger partial charge in [0.05, 0.1) is 17.7 Å². The summed E-state index contributed by atoms with van der Waals surface area (Å²) in [6, 6.07) is 19.3. The molecule has 2 heterocycles. The molecule has 188 valence electrons. The topological polar surface area (TPSA) is 112 Å². The summed E-state index contributed by atoms with van der Waals surface area (Å²) in [6.45, 7) is 3.20. The highest BCUT2D eigenvalue weighted by atomic mass is 32.2. The van der Waals surface area contributed by atoms with E-state index < -0.39 is 21.8 Å².